The Morgan fingerprint density at radius 1 is 1.23 bits per heavy atom. The summed E-state index contributed by atoms with van der Waals surface area (Å²) in [5.41, 5.74) is 2.41. The molecule has 0 unspecified atom stereocenters. The van der Waals surface area contributed by atoms with E-state index in [1.165, 1.54) is 11.3 Å². The van der Waals surface area contributed by atoms with Crippen molar-refractivity contribution in [3.05, 3.63) is 23.8 Å². The van der Waals surface area contributed by atoms with Gasteiger partial charge < -0.3 is 25.0 Å². The van der Waals surface area contributed by atoms with Gasteiger partial charge >= 0.3 is 0 Å². The molecular formula is C17H29N3O2. The number of piperazine rings is 1. The topological polar surface area (TPSA) is 48.0 Å². The van der Waals surface area contributed by atoms with Gasteiger partial charge in [0.15, 0.2) is 0 Å². The average molecular weight is 307 g/mol. The van der Waals surface area contributed by atoms with Crippen molar-refractivity contribution in [2.75, 3.05) is 57.9 Å². The summed E-state index contributed by atoms with van der Waals surface area (Å²) in [5, 5.41) is 12.1. The minimum atomic E-state index is 0.235. The quantitative estimate of drug-likeness (QED) is 0.709. The SMILES string of the molecule is CCN1CCN(c2ccc(CNCCCO)cc2OC)CC1. The van der Waals surface area contributed by atoms with Crippen LogP contribution in [0.5, 0.6) is 5.75 Å². The van der Waals surface area contributed by atoms with Crippen LogP contribution in [0.1, 0.15) is 18.9 Å². The molecule has 5 nitrogen and oxygen atoms in total. The van der Waals surface area contributed by atoms with E-state index < -0.39 is 0 Å². The van der Waals surface area contributed by atoms with E-state index in [1.807, 2.05) is 0 Å². The Kier molecular flexibility index (Phi) is 6.96. The fourth-order valence-corrected chi connectivity index (χ4v) is 2.84. The Morgan fingerprint density at radius 3 is 2.64 bits per heavy atom. The van der Waals surface area contributed by atoms with Gasteiger partial charge in [0.05, 0.1) is 12.8 Å². The van der Waals surface area contributed by atoms with Gasteiger partial charge in [-0.3, -0.25) is 0 Å². The lowest BCUT2D eigenvalue weighted by molar-refractivity contribution is 0.270. The van der Waals surface area contributed by atoms with E-state index in [0.29, 0.717) is 0 Å². The average Bonchev–Trinajstić information content (AvgIpc) is 2.58. The highest BCUT2D eigenvalue weighted by Crippen LogP contribution is 2.30. The first-order chi connectivity index (χ1) is 10.8. The van der Waals surface area contributed by atoms with Gasteiger partial charge in [-0.2, -0.15) is 0 Å². The van der Waals surface area contributed by atoms with Crippen LogP contribution in [0.3, 0.4) is 0 Å². The molecule has 0 radical (unpaired) electrons. The van der Waals surface area contributed by atoms with Gasteiger partial charge in [-0.15, -0.1) is 0 Å². The van der Waals surface area contributed by atoms with Gasteiger partial charge in [-0.1, -0.05) is 13.0 Å². The fraction of sp³-hybridized carbons (Fsp3) is 0.647. The normalized spacial score (nSPS) is 16.0. The molecule has 0 aromatic heterocycles. The van der Waals surface area contributed by atoms with Crippen molar-refractivity contribution in [3.8, 4) is 5.75 Å². The van der Waals surface area contributed by atoms with Crippen LogP contribution < -0.4 is 15.0 Å². The number of likely N-dealkylation sites (N-methyl/N-ethyl adjacent to an activating group) is 1. The van der Waals surface area contributed by atoms with E-state index in [9.17, 15) is 0 Å². The maximum absolute atomic E-state index is 8.79. The molecule has 1 aromatic rings. The zero-order chi connectivity index (χ0) is 15.8. The molecule has 1 aromatic carbocycles. The number of benzene rings is 1. The third-order valence-electron chi connectivity index (χ3n) is 4.25. The van der Waals surface area contributed by atoms with Crippen molar-refractivity contribution in [1.82, 2.24) is 10.2 Å². The summed E-state index contributed by atoms with van der Waals surface area (Å²) >= 11 is 0. The van der Waals surface area contributed by atoms with Crippen molar-refractivity contribution >= 4 is 5.69 Å². The van der Waals surface area contributed by atoms with Crippen molar-refractivity contribution < 1.29 is 9.84 Å². The van der Waals surface area contributed by atoms with Gasteiger partial charge in [0.1, 0.15) is 5.75 Å². The Labute approximate surface area is 133 Å². The summed E-state index contributed by atoms with van der Waals surface area (Å²) in [6, 6.07) is 6.45. The van der Waals surface area contributed by atoms with Gasteiger partial charge in [0.2, 0.25) is 0 Å². The van der Waals surface area contributed by atoms with Crippen LogP contribution in [0.15, 0.2) is 18.2 Å². The summed E-state index contributed by atoms with van der Waals surface area (Å²) < 4.78 is 5.60. The lowest BCUT2D eigenvalue weighted by Gasteiger charge is -2.36. The summed E-state index contributed by atoms with van der Waals surface area (Å²) in [7, 11) is 1.74. The lowest BCUT2D eigenvalue weighted by atomic mass is 10.1. The Bertz CT molecular complexity index is 446. The van der Waals surface area contributed by atoms with Crippen LogP contribution in [0.25, 0.3) is 0 Å². The highest BCUT2D eigenvalue weighted by molar-refractivity contribution is 5.60. The van der Waals surface area contributed by atoms with Crippen molar-refractivity contribution in [1.29, 1.82) is 0 Å². The number of nitrogens with zero attached hydrogens (tertiary/aromatic N) is 2. The standard InChI is InChI=1S/C17H29N3O2/c1-3-19-8-10-20(11-9-19)16-6-5-15(13-17(16)22-2)14-18-7-4-12-21/h5-6,13,18,21H,3-4,7-12,14H2,1-2H3. The predicted octanol–water partition coefficient (Wildman–Crippen LogP) is 1.31. The number of hydrogen-bond donors (Lipinski definition) is 2. The molecule has 2 rings (SSSR count). The number of aliphatic hydroxyl groups excluding tert-OH is 1. The molecule has 1 saturated heterocycles. The molecule has 0 aliphatic carbocycles. The number of hydrogen-bond acceptors (Lipinski definition) is 5. The molecule has 22 heavy (non-hydrogen) atoms. The number of anilines is 1. The highest BCUT2D eigenvalue weighted by atomic mass is 16.5. The highest BCUT2D eigenvalue weighted by Gasteiger charge is 2.18. The molecule has 5 heteroatoms. The maximum atomic E-state index is 8.79. The van der Waals surface area contributed by atoms with Crippen LogP contribution in [-0.2, 0) is 6.54 Å². The van der Waals surface area contributed by atoms with Gasteiger partial charge in [0, 0.05) is 39.3 Å². The summed E-state index contributed by atoms with van der Waals surface area (Å²) in [4.78, 5) is 4.89. The minimum absolute atomic E-state index is 0.235. The third-order valence-corrected chi connectivity index (χ3v) is 4.25. The largest absolute Gasteiger partial charge is 0.495 e. The molecule has 124 valence electrons. The van der Waals surface area contributed by atoms with Crippen molar-refractivity contribution in [2.45, 2.75) is 19.9 Å². The Hall–Kier alpha value is -1.30. The van der Waals surface area contributed by atoms with Crippen LogP contribution in [0.2, 0.25) is 0 Å². The molecule has 1 heterocycles. The predicted molar refractivity (Wildman–Crippen MR) is 90.7 cm³/mol. The van der Waals surface area contributed by atoms with Crippen molar-refractivity contribution in [2.24, 2.45) is 0 Å². The molecule has 0 saturated carbocycles. The molecule has 0 atom stereocenters. The Balaban J connectivity index is 1.97. The molecule has 0 amide bonds. The number of aliphatic hydroxyl groups is 1. The second kappa shape index (κ2) is 8.98. The van der Waals surface area contributed by atoms with Crippen LogP contribution in [0, 0.1) is 0 Å². The molecular weight excluding hydrogens is 278 g/mol. The van der Waals surface area contributed by atoms with Gasteiger partial charge in [-0.05, 0) is 37.2 Å². The molecule has 0 bridgehead atoms. The van der Waals surface area contributed by atoms with E-state index >= 15 is 0 Å². The second-order valence-electron chi connectivity index (χ2n) is 5.68. The van der Waals surface area contributed by atoms with Crippen molar-refractivity contribution in [3.63, 3.8) is 0 Å². The van der Waals surface area contributed by atoms with E-state index in [2.05, 4.69) is 40.2 Å². The monoisotopic (exact) mass is 307 g/mol. The minimum Gasteiger partial charge on any atom is -0.495 e. The molecule has 0 spiro atoms. The van der Waals surface area contributed by atoms with Gasteiger partial charge in [0.25, 0.3) is 0 Å². The van der Waals surface area contributed by atoms with E-state index in [4.69, 9.17) is 9.84 Å². The van der Waals surface area contributed by atoms with Gasteiger partial charge in [-0.25, -0.2) is 0 Å². The molecule has 1 aliphatic heterocycles. The third kappa shape index (κ3) is 4.60. The number of methoxy groups -OCH3 is 1. The van der Waals surface area contributed by atoms with Crippen LogP contribution in [0.4, 0.5) is 5.69 Å². The second-order valence-corrected chi connectivity index (χ2v) is 5.68. The zero-order valence-corrected chi connectivity index (χ0v) is 13.8. The van der Waals surface area contributed by atoms with Crippen LogP contribution in [-0.4, -0.2) is 63.0 Å². The Morgan fingerprint density at radius 2 is 2.00 bits per heavy atom. The molecule has 1 aliphatic rings. The summed E-state index contributed by atoms with van der Waals surface area (Å²) in [6.45, 7) is 9.56. The first kappa shape index (κ1) is 17.1. The maximum Gasteiger partial charge on any atom is 0.142 e. The molecule has 1 fully saturated rings. The number of nitrogens with one attached hydrogen (secondary N) is 1. The summed E-state index contributed by atoms with van der Waals surface area (Å²) in [6.07, 6.45) is 0.789. The zero-order valence-electron chi connectivity index (χ0n) is 13.8. The number of ether oxygens (including phenoxy) is 1. The first-order valence-corrected chi connectivity index (χ1v) is 8.24. The number of rotatable bonds is 8. The van der Waals surface area contributed by atoms with E-state index in [-0.39, 0.29) is 6.61 Å². The fourth-order valence-electron chi connectivity index (χ4n) is 2.84. The van der Waals surface area contributed by atoms with E-state index in [1.54, 1.807) is 7.11 Å². The van der Waals surface area contributed by atoms with Crippen LogP contribution >= 0.6 is 0 Å². The van der Waals surface area contributed by atoms with E-state index in [0.717, 1.165) is 58.0 Å². The summed E-state index contributed by atoms with van der Waals surface area (Å²) in [5.74, 6) is 0.950. The first-order valence-electron chi connectivity index (χ1n) is 8.24. The lowest BCUT2D eigenvalue weighted by Crippen LogP contribution is -2.46. The smallest absolute Gasteiger partial charge is 0.142 e. The molecule has 2 N–H and O–H groups in total.